The van der Waals surface area contributed by atoms with E-state index in [-0.39, 0.29) is 5.91 Å². The number of hydrogen-bond acceptors (Lipinski definition) is 3. The third kappa shape index (κ3) is 18.9. The fourth-order valence-electron chi connectivity index (χ4n) is 2.59. The molecule has 0 aromatic carbocycles. The van der Waals surface area contributed by atoms with Gasteiger partial charge >= 0.3 is 5.97 Å². The first-order chi connectivity index (χ1) is 14.6. The van der Waals surface area contributed by atoms with Crippen LogP contribution < -0.4 is 11.1 Å². The van der Waals surface area contributed by atoms with Crippen molar-refractivity contribution in [1.82, 2.24) is 5.32 Å². The van der Waals surface area contributed by atoms with Crippen molar-refractivity contribution in [1.29, 1.82) is 0 Å². The van der Waals surface area contributed by atoms with Gasteiger partial charge in [0.2, 0.25) is 5.91 Å². The van der Waals surface area contributed by atoms with Gasteiger partial charge < -0.3 is 16.2 Å². The van der Waals surface area contributed by atoms with E-state index >= 15 is 0 Å². The third-order valence-electron chi connectivity index (χ3n) is 4.26. The van der Waals surface area contributed by atoms with Crippen molar-refractivity contribution in [3.63, 3.8) is 0 Å². The highest BCUT2D eigenvalue weighted by Gasteiger charge is 2.18. The van der Waals surface area contributed by atoms with E-state index in [1.807, 2.05) is 0 Å². The number of allylic oxidation sites excluding steroid dienone is 10. The average Bonchev–Trinajstić information content (AvgIpc) is 2.73. The second kappa shape index (κ2) is 21.3. The maximum atomic E-state index is 11.8. The van der Waals surface area contributed by atoms with Gasteiger partial charge in [-0.05, 0) is 64.3 Å². The molecule has 0 saturated carbocycles. The third-order valence-corrected chi connectivity index (χ3v) is 4.26. The van der Waals surface area contributed by atoms with Crippen LogP contribution in [0.3, 0.4) is 0 Å². The molecule has 1 atom stereocenters. The summed E-state index contributed by atoms with van der Waals surface area (Å²) in [7, 11) is 0. The first-order valence-corrected chi connectivity index (χ1v) is 11.1. The molecule has 30 heavy (non-hydrogen) atoms. The Bertz CT molecular complexity index is 589. The molecule has 5 heteroatoms. The van der Waals surface area contributed by atoms with Gasteiger partial charge in [0.1, 0.15) is 6.04 Å². The number of amides is 1. The van der Waals surface area contributed by atoms with Crippen LogP contribution in [-0.4, -0.2) is 29.6 Å². The van der Waals surface area contributed by atoms with Crippen LogP contribution in [0.1, 0.15) is 71.1 Å². The molecule has 0 aromatic rings. The SMILES string of the molecule is CC/C=C\C/C=C\C/C=C\C/C=C\C/C=C\CCCC(=O)N[C@@H](CCCN)C(=O)O. The molecule has 4 N–H and O–H groups in total. The van der Waals surface area contributed by atoms with Gasteiger partial charge in [0, 0.05) is 6.42 Å². The number of carboxylic acids is 1. The summed E-state index contributed by atoms with van der Waals surface area (Å²) in [5.41, 5.74) is 5.39. The second-order valence-electron chi connectivity index (χ2n) is 6.99. The van der Waals surface area contributed by atoms with Crippen molar-refractivity contribution in [3.8, 4) is 0 Å². The summed E-state index contributed by atoms with van der Waals surface area (Å²) >= 11 is 0. The lowest BCUT2D eigenvalue weighted by atomic mass is 10.1. The van der Waals surface area contributed by atoms with Crippen molar-refractivity contribution in [2.45, 2.75) is 77.2 Å². The molecule has 0 heterocycles. The second-order valence-corrected chi connectivity index (χ2v) is 6.99. The molecule has 0 radical (unpaired) electrons. The van der Waals surface area contributed by atoms with E-state index in [1.165, 1.54) is 0 Å². The zero-order chi connectivity index (χ0) is 22.3. The quantitative estimate of drug-likeness (QED) is 0.211. The van der Waals surface area contributed by atoms with Crippen molar-refractivity contribution in [2.75, 3.05) is 6.54 Å². The summed E-state index contributed by atoms with van der Waals surface area (Å²) in [6, 6.07) is -0.838. The largest absolute Gasteiger partial charge is 0.480 e. The van der Waals surface area contributed by atoms with Gasteiger partial charge in [0.15, 0.2) is 0 Å². The topological polar surface area (TPSA) is 92.4 Å². The van der Waals surface area contributed by atoms with E-state index in [1.54, 1.807) is 0 Å². The number of nitrogens with one attached hydrogen (secondary N) is 1. The molecule has 0 saturated heterocycles. The standard InChI is InChI=1S/C25H40N2O3/c1-2-3-4-5-6-7-8-9-10-11-12-13-14-15-16-17-18-21-24(28)27-23(25(29)30)20-19-22-26/h3-4,6-7,9-10,12-13,15-16,23H,2,5,8,11,14,17-22,26H2,1H3,(H,27,28)(H,29,30)/b4-3-,7-6-,10-9-,13-12-,16-15-/t23-/m0/s1. The molecule has 168 valence electrons. The van der Waals surface area contributed by atoms with Crippen LogP contribution in [0, 0.1) is 0 Å². The average molecular weight is 417 g/mol. The Kier molecular flexibility index (Phi) is 19.6. The van der Waals surface area contributed by atoms with E-state index < -0.39 is 12.0 Å². The number of hydrogen-bond donors (Lipinski definition) is 3. The Morgan fingerprint density at radius 1 is 0.833 bits per heavy atom. The van der Waals surface area contributed by atoms with Crippen molar-refractivity contribution < 1.29 is 14.7 Å². The summed E-state index contributed by atoms with van der Waals surface area (Å²) in [6.45, 7) is 2.56. The maximum absolute atomic E-state index is 11.8. The highest BCUT2D eigenvalue weighted by atomic mass is 16.4. The van der Waals surface area contributed by atoms with Crippen LogP contribution in [0.15, 0.2) is 60.8 Å². The number of aliphatic carboxylic acids is 1. The molecule has 5 nitrogen and oxygen atoms in total. The van der Waals surface area contributed by atoms with Crippen LogP contribution >= 0.6 is 0 Å². The predicted octanol–water partition coefficient (Wildman–Crippen LogP) is 5.22. The van der Waals surface area contributed by atoms with Gasteiger partial charge in [-0.1, -0.05) is 67.7 Å². The van der Waals surface area contributed by atoms with E-state index in [9.17, 15) is 9.59 Å². The van der Waals surface area contributed by atoms with Crippen LogP contribution in [0.4, 0.5) is 0 Å². The molecule has 0 spiro atoms. The number of carbonyl (C=O) groups excluding carboxylic acids is 1. The van der Waals surface area contributed by atoms with Gasteiger partial charge in [-0.15, -0.1) is 0 Å². The Morgan fingerprint density at radius 2 is 1.33 bits per heavy atom. The van der Waals surface area contributed by atoms with E-state index in [0.29, 0.717) is 32.2 Å². The molecule has 0 bridgehead atoms. The molecular weight excluding hydrogens is 376 g/mol. The van der Waals surface area contributed by atoms with E-state index in [4.69, 9.17) is 10.8 Å². The van der Waals surface area contributed by atoms with Gasteiger partial charge in [-0.3, -0.25) is 4.79 Å². The number of unbranched alkanes of at least 4 members (excludes halogenated alkanes) is 1. The number of carboxylic acid groups (broad SMARTS) is 1. The van der Waals surface area contributed by atoms with Crippen molar-refractivity contribution in [2.24, 2.45) is 5.73 Å². The lowest BCUT2D eigenvalue weighted by Crippen LogP contribution is -2.40. The summed E-state index contributed by atoms with van der Waals surface area (Å²) in [6.07, 6.45) is 29.2. The smallest absolute Gasteiger partial charge is 0.326 e. The molecular formula is C25H40N2O3. The van der Waals surface area contributed by atoms with Crippen LogP contribution in [0.25, 0.3) is 0 Å². The minimum absolute atomic E-state index is 0.216. The van der Waals surface area contributed by atoms with Gasteiger partial charge in [-0.2, -0.15) is 0 Å². The molecule has 0 aliphatic carbocycles. The number of nitrogens with two attached hydrogens (primary N) is 1. The van der Waals surface area contributed by atoms with Crippen LogP contribution in [0.2, 0.25) is 0 Å². The fourth-order valence-corrected chi connectivity index (χ4v) is 2.59. The molecule has 0 unspecified atom stereocenters. The van der Waals surface area contributed by atoms with Crippen molar-refractivity contribution in [3.05, 3.63) is 60.8 Å². The molecule has 0 aromatic heterocycles. The predicted molar refractivity (Wildman–Crippen MR) is 126 cm³/mol. The Balaban J connectivity index is 3.74. The minimum Gasteiger partial charge on any atom is -0.480 e. The molecule has 0 fully saturated rings. The zero-order valence-corrected chi connectivity index (χ0v) is 18.5. The highest BCUT2D eigenvalue weighted by Crippen LogP contribution is 2.02. The first kappa shape index (κ1) is 27.6. The summed E-state index contributed by atoms with van der Waals surface area (Å²) in [5.74, 6) is -1.22. The Morgan fingerprint density at radius 3 is 1.80 bits per heavy atom. The summed E-state index contributed by atoms with van der Waals surface area (Å²) < 4.78 is 0. The monoisotopic (exact) mass is 416 g/mol. The van der Waals surface area contributed by atoms with E-state index in [2.05, 4.69) is 73.0 Å². The highest BCUT2D eigenvalue weighted by molar-refractivity contribution is 5.83. The summed E-state index contributed by atoms with van der Waals surface area (Å²) in [4.78, 5) is 22.9. The van der Waals surface area contributed by atoms with Crippen LogP contribution in [0.5, 0.6) is 0 Å². The lowest BCUT2D eigenvalue weighted by Gasteiger charge is -2.13. The van der Waals surface area contributed by atoms with Gasteiger partial charge in [-0.25, -0.2) is 4.79 Å². The molecule has 0 rings (SSSR count). The zero-order valence-electron chi connectivity index (χ0n) is 18.5. The Hall–Kier alpha value is -2.40. The first-order valence-electron chi connectivity index (χ1n) is 11.1. The minimum atomic E-state index is -1.00. The van der Waals surface area contributed by atoms with Crippen LogP contribution in [-0.2, 0) is 9.59 Å². The fraction of sp³-hybridized carbons (Fsp3) is 0.520. The molecule has 0 aliphatic rings. The number of carbonyl (C=O) groups is 2. The van der Waals surface area contributed by atoms with Gasteiger partial charge in [0.25, 0.3) is 0 Å². The van der Waals surface area contributed by atoms with Crippen molar-refractivity contribution >= 4 is 11.9 Å². The van der Waals surface area contributed by atoms with E-state index in [0.717, 1.165) is 38.5 Å². The van der Waals surface area contributed by atoms with Gasteiger partial charge in [0.05, 0.1) is 0 Å². The lowest BCUT2D eigenvalue weighted by molar-refractivity contribution is -0.142. The molecule has 1 amide bonds. The number of rotatable bonds is 18. The Labute approximate surface area is 182 Å². The maximum Gasteiger partial charge on any atom is 0.326 e. The molecule has 0 aliphatic heterocycles. The normalized spacial score (nSPS) is 13.4. The summed E-state index contributed by atoms with van der Waals surface area (Å²) in [5, 5.41) is 11.6.